The summed E-state index contributed by atoms with van der Waals surface area (Å²) in [5.41, 5.74) is 8.64. The van der Waals surface area contributed by atoms with Gasteiger partial charge in [0.05, 0.1) is 0 Å². The summed E-state index contributed by atoms with van der Waals surface area (Å²) in [6, 6.07) is 0. The molecule has 1 fully saturated rings. The fourth-order valence-electron chi connectivity index (χ4n) is 1.06. The third-order valence-corrected chi connectivity index (χ3v) is 1.74. The Morgan fingerprint density at radius 2 is 0.833 bits per heavy atom. The van der Waals surface area contributed by atoms with Gasteiger partial charge < -0.3 is 11.5 Å². The maximum Gasteiger partial charge on any atom is 0.306 e. The summed E-state index contributed by atoms with van der Waals surface area (Å²) in [5.74, 6) is -2.20. The van der Waals surface area contributed by atoms with Crippen molar-refractivity contribution < 1.29 is 9.59 Å². The van der Waals surface area contributed by atoms with Crippen LogP contribution in [0, 0.1) is 0 Å². The molecule has 0 bridgehead atoms. The Labute approximate surface area is 72.3 Å². The van der Waals surface area contributed by atoms with Crippen molar-refractivity contribution in [1.29, 1.82) is 0 Å². The molecule has 0 aliphatic heterocycles. The molecule has 1 aliphatic carbocycles. The van der Waals surface area contributed by atoms with E-state index in [-0.39, 0.29) is 0 Å². The Morgan fingerprint density at radius 3 is 0.917 bits per heavy atom. The summed E-state index contributed by atoms with van der Waals surface area (Å²) in [7, 11) is 0. The SMILES string of the molecule is C1CCCCC1.NC(=O)C(N)=O. The molecule has 0 unspecified atom stereocenters. The maximum atomic E-state index is 9.45. The van der Waals surface area contributed by atoms with E-state index in [1.54, 1.807) is 0 Å². The van der Waals surface area contributed by atoms with E-state index >= 15 is 0 Å². The van der Waals surface area contributed by atoms with Crippen molar-refractivity contribution in [3.8, 4) is 0 Å². The summed E-state index contributed by atoms with van der Waals surface area (Å²) < 4.78 is 0. The molecule has 4 heteroatoms. The van der Waals surface area contributed by atoms with Crippen LogP contribution >= 0.6 is 0 Å². The molecule has 4 nitrogen and oxygen atoms in total. The molecule has 0 aromatic rings. The number of hydrogen-bond donors (Lipinski definition) is 2. The minimum absolute atomic E-state index is 1.10. The zero-order valence-electron chi connectivity index (χ0n) is 7.21. The van der Waals surface area contributed by atoms with Gasteiger partial charge in [0.2, 0.25) is 0 Å². The largest absolute Gasteiger partial charge is 0.361 e. The molecule has 0 saturated heterocycles. The molecule has 4 N–H and O–H groups in total. The molecule has 0 heterocycles. The van der Waals surface area contributed by atoms with Crippen molar-refractivity contribution in [1.82, 2.24) is 0 Å². The number of hydrogen-bond acceptors (Lipinski definition) is 2. The quantitative estimate of drug-likeness (QED) is 0.515. The van der Waals surface area contributed by atoms with Gasteiger partial charge in [0.25, 0.3) is 0 Å². The van der Waals surface area contributed by atoms with Crippen molar-refractivity contribution >= 4 is 11.8 Å². The molecule has 1 rings (SSSR count). The molecule has 0 aromatic heterocycles. The molecule has 2 amide bonds. The first-order valence-corrected chi connectivity index (χ1v) is 4.24. The van der Waals surface area contributed by atoms with Gasteiger partial charge in [0.1, 0.15) is 0 Å². The van der Waals surface area contributed by atoms with Crippen LogP contribution in [-0.4, -0.2) is 11.8 Å². The third-order valence-electron chi connectivity index (χ3n) is 1.74. The Kier molecular flexibility index (Phi) is 6.05. The molecular weight excluding hydrogens is 156 g/mol. The summed E-state index contributed by atoms with van der Waals surface area (Å²) in [6.07, 6.45) is 9.00. The minimum atomic E-state index is -1.10. The first kappa shape index (κ1) is 10.9. The lowest BCUT2D eigenvalue weighted by molar-refractivity contribution is -0.135. The predicted octanol–water partition coefficient (Wildman–Crippen LogP) is 0.298. The van der Waals surface area contributed by atoms with Crippen LogP contribution in [0.4, 0.5) is 0 Å². The van der Waals surface area contributed by atoms with Gasteiger partial charge in [0, 0.05) is 0 Å². The first-order chi connectivity index (χ1) is 5.64. The van der Waals surface area contributed by atoms with Gasteiger partial charge in [-0.05, 0) is 0 Å². The summed E-state index contributed by atoms with van der Waals surface area (Å²) in [5, 5.41) is 0. The van der Waals surface area contributed by atoms with Crippen molar-refractivity contribution in [2.24, 2.45) is 11.5 Å². The molecule has 1 aliphatic rings. The van der Waals surface area contributed by atoms with E-state index in [4.69, 9.17) is 0 Å². The topological polar surface area (TPSA) is 86.2 Å². The van der Waals surface area contributed by atoms with Gasteiger partial charge in [-0.3, -0.25) is 9.59 Å². The van der Waals surface area contributed by atoms with Crippen LogP contribution in [0.5, 0.6) is 0 Å². The first-order valence-electron chi connectivity index (χ1n) is 4.24. The number of carbonyl (C=O) groups is 2. The van der Waals surface area contributed by atoms with Crippen LogP contribution in [0.15, 0.2) is 0 Å². The highest BCUT2D eigenvalue weighted by atomic mass is 16.2. The molecule has 1 saturated carbocycles. The monoisotopic (exact) mass is 172 g/mol. The van der Waals surface area contributed by atoms with Gasteiger partial charge in [-0.25, -0.2) is 0 Å². The number of nitrogens with two attached hydrogens (primary N) is 2. The lowest BCUT2D eigenvalue weighted by Crippen LogP contribution is -2.29. The zero-order chi connectivity index (χ0) is 9.40. The molecule has 12 heavy (non-hydrogen) atoms. The Bertz CT molecular complexity index is 130. The molecule has 0 radical (unpaired) electrons. The van der Waals surface area contributed by atoms with Crippen LogP contribution in [0.25, 0.3) is 0 Å². The zero-order valence-corrected chi connectivity index (χ0v) is 7.21. The molecule has 0 atom stereocenters. The van der Waals surface area contributed by atoms with E-state index < -0.39 is 11.8 Å². The Morgan fingerprint density at radius 1 is 0.667 bits per heavy atom. The lowest BCUT2D eigenvalue weighted by atomic mass is 10.0. The van der Waals surface area contributed by atoms with Crippen molar-refractivity contribution in [2.75, 3.05) is 0 Å². The Balaban J connectivity index is 0.000000202. The van der Waals surface area contributed by atoms with Crippen molar-refractivity contribution in [3.05, 3.63) is 0 Å². The van der Waals surface area contributed by atoms with E-state index in [2.05, 4.69) is 11.5 Å². The number of carbonyl (C=O) groups excluding carboxylic acids is 2. The molecule has 0 spiro atoms. The van der Waals surface area contributed by atoms with Gasteiger partial charge in [0.15, 0.2) is 0 Å². The van der Waals surface area contributed by atoms with Crippen molar-refractivity contribution in [3.63, 3.8) is 0 Å². The molecular formula is C8H16N2O2. The van der Waals surface area contributed by atoms with Crippen LogP contribution in [-0.2, 0) is 9.59 Å². The number of rotatable bonds is 0. The van der Waals surface area contributed by atoms with Crippen LogP contribution < -0.4 is 11.5 Å². The second kappa shape index (κ2) is 6.64. The fraction of sp³-hybridized carbons (Fsp3) is 0.750. The lowest BCUT2D eigenvalue weighted by Gasteiger charge is -2.05. The molecule has 70 valence electrons. The van der Waals surface area contributed by atoms with Gasteiger partial charge in [-0.1, -0.05) is 38.5 Å². The van der Waals surface area contributed by atoms with E-state index in [1.807, 2.05) is 0 Å². The Hall–Kier alpha value is -1.06. The summed E-state index contributed by atoms with van der Waals surface area (Å²) in [4.78, 5) is 18.9. The van der Waals surface area contributed by atoms with Gasteiger partial charge >= 0.3 is 11.8 Å². The minimum Gasteiger partial charge on any atom is -0.361 e. The smallest absolute Gasteiger partial charge is 0.306 e. The van der Waals surface area contributed by atoms with Gasteiger partial charge in [-0.2, -0.15) is 0 Å². The summed E-state index contributed by atoms with van der Waals surface area (Å²) in [6.45, 7) is 0. The summed E-state index contributed by atoms with van der Waals surface area (Å²) >= 11 is 0. The average molecular weight is 172 g/mol. The third kappa shape index (κ3) is 7.05. The second-order valence-electron chi connectivity index (χ2n) is 2.85. The van der Waals surface area contributed by atoms with Gasteiger partial charge in [-0.15, -0.1) is 0 Å². The van der Waals surface area contributed by atoms with Crippen molar-refractivity contribution in [2.45, 2.75) is 38.5 Å². The highest BCUT2D eigenvalue weighted by Crippen LogP contribution is 2.15. The van der Waals surface area contributed by atoms with Crippen LogP contribution in [0.3, 0.4) is 0 Å². The van der Waals surface area contributed by atoms with E-state index in [9.17, 15) is 9.59 Å². The van der Waals surface area contributed by atoms with Crippen LogP contribution in [0.1, 0.15) is 38.5 Å². The van der Waals surface area contributed by atoms with E-state index in [0.717, 1.165) is 0 Å². The van der Waals surface area contributed by atoms with Crippen LogP contribution in [0.2, 0.25) is 0 Å². The highest BCUT2D eigenvalue weighted by Gasteiger charge is 1.96. The highest BCUT2D eigenvalue weighted by molar-refractivity contribution is 6.33. The molecule has 0 aromatic carbocycles. The standard InChI is InChI=1S/C6H12.C2H4N2O2/c1-2-4-6-5-3-1;3-1(5)2(4)6/h1-6H2;(H2,3,5)(H2,4,6). The number of primary amides is 2. The van der Waals surface area contributed by atoms with E-state index in [0.29, 0.717) is 0 Å². The second-order valence-corrected chi connectivity index (χ2v) is 2.85. The number of amides is 2. The average Bonchev–Trinajstić information content (AvgIpc) is 2.08. The van der Waals surface area contributed by atoms with E-state index in [1.165, 1.54) is 38.5 Å². The normalized spacial score (nSPS) is 15.7. The predicted molar refractivity (Wildman–Crippen MR) is 46.1 cm³/mol. The fourth-order valence-corrected chi connectivity index (χ4v) is 1.06. The maximum absolute atomic E-state index is 9.45.